The van der Waals surface area contributed by atoms with Gasteiger partial charge in [-0.15, -0.1) is 0 Å². The fourth-order valence-corrected chi connectivity index (χ4v) is 4.62. The Labute approximate surface area is 193 Å². The average molecular weight is 445 g/mol. The van der Waals surface area contributed by atoms with Crippen molar-refractivity contribution < 1.29 is 9.53 Å². The maximum absolute atomic E-state index is 12.8. The lowest BCUT2D eigenvalue weighted by molar-refractivity contribution is -0.135. The third kappa shape index (κ3) is 5.92. The van der Waals surface area contributed by atoms with E-state index in [0.29, 0.717) is 0 Å². The van der Waals surface area contributed by atoms with Crippen LogP contribution in [0.4, 0.5) is 0 Å². The minimum absolute atomic E-state index is 0.0431. The Bertz CT molecular complexity index is 752. The van der Waals surface area contributed by atoms with Crippen LogP contribution in [0.1, 0.15) is 31.4 Å². The van der Waals surface area contributed by atoms with Gasteiger partial charge in [-0.1, -0.05) is 12.1 Å². The second-order valence-electron chi connectivity index (χ2n) is 8.91. The Morgan fingerprint density at radius 2 is 1.69 bits per heavy atom. The standard InChI is InChI=1S/C24H40N6O2/c1-19(23(31)29-12-6-7-13-29)28-14-16-30(17-15-28)24(25-2)26-18-22(27(3)4)20-8-10-21(32-5)11-9-20/h8-11,19,22H,6-7,12-18H2,1-5H3,(H,25,26). The van der Waals surface area contributed by atoms with E-state index in [4.69, 9.17) is 4.74 Å². The van der Waals surface area contributed by atoms with Gasteiger partial charge in [-0.3, -0.25) is 14.7 Å². The third-order valence-corrected chi connectivity index (χ3v) is 6.73. The van der Waals surface area contributed by atoms with Gasteiger partial charge in [-0.05, 0) is 51.6 Å². The summed E-state index contributed by atoms with van der Waals surface area (Å²) in [5.74, 6) is 2.07. The van der Waals surface area contributed by atoms with Crippen molar-refractivity contribution in [2.24, 2.45) is 4.99 Å². The lowest BCUT2D eigenvalue weighted by atomic mass is 10.1. The molecule has 1 N–H and O–H groups in total. The molecule has 0 aliphatic carbocycles. The molecule has 32 heavy (non-hydrogen) atoms. The first-order chi connectivity index (χ1) is 15.4. The first-order valence-electron chi connectivity index (χ1n) is 11.7. The molecule has 2 unspecified atom stereocenters. The molecule has 2 fully saturated rings. The number of benzene rings is 1. The number of carbonyl (C=O) groups excluding carboxylic acids is 1. The van der Waals surface area contributed by atoms with E-state index in [2.05, 4.69) is 58.2 Å². The fraction of sp³-hybridized carbons (Fsp3) is 0.667. The molecule has 2 heterocycles. The number of hydrogen-bond acceptors (Lipinski definition) is 5. The van der Waals surface area contributed by atoms with E-state index in [9.17, 15) is 4.79 Å². The monoisotopic (exact) mass is 444 g/mol. The smallest absolute Gasteiger partial charge is 0.239 e. The van der Waals surface area contributed by atoms with Crippen LogP contribution >= 0.6 is 0 Å². The van der Waals surface area contributed by atoms with Crippen molar-refractivity contribution in [1.82, 2.24) is 24.9 Å². The van der Waals surface area contributed by atoms with Crippen molar-refractivity contribution in [3.63, 3.8) is 0 Å². The highest BCUT2D eigenvalue weighted by molar-refractivity contribution is 5.82. The van der Waals surface area contributed by atoms with E-state index in [-0.39, 0.29) is 18.0 Å². The van der Waals surface area contributed by atoms with Crippen LogP contribution in [0.15, 0.2) is 29.3 Å². The molecule has 1 aromatic rings. The molecule has 0 saturated carbocycles. The molecule has 2 aliphatic heterocycles. The normalized spacial score (nSPS) is 19.9. The Morgan fingerprint density at radius 1 is 1.06 bits per heavy atom. The predicted molar refractivity (Wildman–Crippen MR) is 129 cm³/mol. The number of methoxy groups -OCH3 is 1. The van der Waals surface area contributed by atoms with Crippen molar-refractivity contribution in [2.45, 2.75) is 31.8 Å². The zero-order valence-electron chi connectivity index (χ0n) is 20.4. The molecule has 1 aromatic carbocycles. The summed E-state index contributed by atoms with van der Waals surface area (Å²) in [5.41, 5.74) is 1.23. The first kappa shape index (κ1) is 24.3. The zero-order valence-corrected chi connectivity index (χ0v) is 20.4. The van der Waals surface area contributed by atoms with E-state index >= 15 is 0 Å². The molecule has 178 valence electrons. The van der Waals surface area contributed by atoms with E-state index in [1.54, 1.807) is 7.11 Å². The summed E-state index contributed by atoms with van der Waals surface area (Å²) in [6.45, 7) is 8.13. The van der Waals surface area contributed by atoms with Crippen LogP contribution in [0, 0.1) is 0 Å². The molecule has 1 amide bonds. The predicted octanol–water partition coefficient (Wildman–Crippen LogP) is 1.50. The van der Waals surface area contributed by atoms with Gasteiger partial charge in [0.25, 0.3) is 0 Å². The van der Waals surface area contributed by atoms with Crippen LogP contribution in [0.25, 0.3) is 0 Å². The van der Waals surface area contributed by atoms with E-state index in [1.807, 2.05) is 24.1 Å². The Kier molecular flexibility index (Phi) is 8.75. The number of guanidine groups is 1. The van der Waals surface area contributed by atoms with Crippen LogP contribution in [0.3, 0.4) is 0 Å². The number of hydrogen-bond donors (Lipinski definition) is 1. The second-order valence-corrected chi connectivity index (χ2v) is 8.91. The number of piperazine rings is 1. The van der Waals surface area contributed by atoms with Gasteiger partial charge in [0.1, 0.15) is 5.75 Å². The summed E-state index contributed by atoms with van der Waals surface area (Å²) < 4.78 is 5.29. The van der Waals surface area contributed by atoms with Crippen LogP contribution in [0.5, 0.6) is 5.75 Å². The Balaban J connectivity index is 1.52. The molecule has 0 bridgehead atoms. The molecule has 0 spiro atoms. The van der Waals surface area contributed by atoms with Crippen molar-refractivity contribution in [3.05, 3.63) is 29.8 Å². The third-order valence-electron chi connectivity index (χ3n) is 6.73. The van der Waals surface area contributed by atoms with Crippen LogP contribution in [-0.4, -0.2) is 112 Å². The molecule has 2 aliphatic rings. The number of likely N-dealkylation sites (tertiary alicyclic amines) is 1. The van der Waals surface area contributed by atoms with Gasteiger partial charge in [-0.2, -0.15) is 0 Å². The minimum Gasteiger partial charge on any atom is -0.497 e. The van der Waals surface area contributed by atoms with Crippen LogP contribution < -0.4 is 10.1 Å². The van der Waals surface area contributed by atoms with Crippen LogP contribution in [0.2, 0.25) is 0 Å². The number of rotatable bonds is 7. The number of amides is 1. The highest BCUT2D eigenvalue weighted by Crippen LogP contribution is 2.21. The van der Waals surface area contributed by atoms with Gasteiger partial charge in [0, 0.05) is 52.9 Å². The van der Waals surface area contributed by atoms with Crippen LogP contribution in [-0.2, 0) is 4.79 Å². The molecule has 0 radical (unpaired) electrons. The maximum Gasteiger partial charge on any atom is 0.239 e. The summed E-state index contributed by atoms with van der Waals surface area (Å²) in [5, 5.41) is 3.57. The topological polar surface area (TPSA) is 63.7 Å². The molecule has 0 aromatic heterocycles. The van der Waals surface area contributed by atoms with Gasteiger partial charge in [0.15, 0.2) is 5.96 Å². The molecular formula is C24H40N6O2. The Morgan fingerprint density at radius 3 is 2.22 bits per heavy atom. The van der Waals surface area contributed by atoms with Crippen molar-refractivity contribution in [1.29, 1.82) is 0 Å². The summed E-state index contributed by atoms with van der Waals surface area (Å²) >= 11 is 0. The van der Waals surface area contributed by atoms with Crippen molar-refractivity contribution in [2.75, 3.05) is 74.1 Å². The van der Waals surface area contributed by atoms with Gasteiger partial charge in [0.2, 0.25) is 5.91 Å². The number of nitrogens with one attached hydrogen (secondary N) is 1. The quantitative estimate of drug-likeness (QED) is 0.508. The SMILES string of the molecule is CN=C(NCC(c1ccc(OC)cc1)N(C)C)N1CCN(C(C)C(=O)N2CCCC2)CC1. The summed E-state index contributed by atoms with van der Waals surface area (Å²) in [4.78, 5) is 26.1. The number of nitrogens with zero attached hydrogens (tertiary/aromatic N) is 5. The van der Waals surface area contributed by atoms with E-state index in [1.165, 1.54) is 5.56 Å². The minimum atomic E-state index is -0.0431. The highest BCUT2D eigenvalue weighted by atomic mass is 16.5. The first-order valence-corrected chi connectivity index (χ1v) is 11.7. The van der Waals surface area contributed by atoms with Gasteiger partial charge >= 0.3 is 0 Å². The molecule has 8 heteroatoms. The van der Waals surface area contributed by atoms with E-state index < -0.39 is 0 Å². The van der Waals surface area contributed by atoms with E-state index in [0.717, 1.165) is 70.4 Å². The Hall–Kier alpha value is -2.32. The highest BCUT2D eigenvalue weighted by Gasteiger charge is 2.30. The largest absolute Gasteiger partial charge is 0.497 e. The average Bonchev–Trinajstić information content (AvgIpc) is 3.36. The fourth-order valence-electron chi connectivity index (χ4n) is 4.62. The summed E-state index contributed by atoms with van der Waals surface area (Å²) in [7, 11) is 7.72. The second kappa shape index (κ2) is 11.5. The zero-order chi connectivity index (χ0) is 23.1. The van der Waals surface area contributed by atoms with Gasteiger partial charge < -0.3 is 24.8 Å². The van der Waals surface area contributed by atoms with Gasteiger partial charge in [0.05, 0.1) is 19.2 Å². The lowest BCUT2D eigenvalue weighted by Gasteiger charge is -2.40. The molecule has 2 atom stereocenters. The number of likely N-dealkylation sites (N-methyl/N-ethyl adjacent to an activating group) is 1. The van der Waals surface area contributed by atoms with Crippen molar-refractivity contribution in [3.8, 4) is 5.75 Å². The maximum atomic E-state index is 12.8. The molecular weight excluding hydrogens is 404 g/mol. The van der Waals surface area contributed by atoms with Crippen molar-refractivity contribution >= 4 is 11.9 Å². The number of ether oxygens (including phenoxy) is 1. The molecule has 2 saturated heterocycles. The molecule has 8 nitrogen and oxygen atoms in total. The lowest BCUT2D eigenvalue weighted by Crippen LogP contribution is -2.57. The van der Waals surface area contributed by atoms with Gasteiger partial charge in [-0.25, -0.2) is 0 Å². The number of aliphatic imine (C=N–C) groups is 1. The number of carbonyl (C=O) groups is 1. The summed E-state index contributed by atoms with van der Waals surface area (Å²) in [6.07, 6.45) is 2.28. The summed E-state index contributed by atoms with van der Waals surface area (Å²) in [6, 6.07) is 8.42. The molecule has 3 rings (SSSR count).